The van der Waals surface area contributed by atoms with E-state index in [0.29, 0.717) is 6.42 Å². The second-order valence-corrected chi connectivity index (χ2v) is 5.40. The van der Waals surface area contributed by atoms with Crippen LogP contribution < -0.4 is 0 Å². The van der Waals surface area contributed by atoms with Crippen molar-refractivity contribution in [2.75, 3.05) is 0 Å². The van der Waals surface area contributed by atoms with E-state index in [1.807, 2.05) is 51.1 Å². The summed E-state index contributed by atoms with van der Waals surface area (Å²) in [4.78, 5) is 15.2. The fourth-order valence-corrected chi connectivity index (χ4v) is 2.13. The lowest BCUT2D eigenvalue weighted by atomic mass is 10.0. The van der Waals surface area contributed by atoms with Crippen molar-refractivity contribution in [2.45, 2.75) is 27.2 Å². The molecule has 0 unspecified atom stereocenters. The van der Waals surface area contributed by atoms with E-state index in [2.05, 4.69) is 4.98 Å². The molecule has 0 aliphatic rings. The van der Waals surface area contributed by atoms with Crippen molar-refractivity contribution in [1.29, 1.82) is 0 Å². The predicted molar refractivity (Wildman–Crippen MR) is 80.9 cm³/mol. The minimum absolute atomic E-state index is 0.249. The molecule has 2 rings (SSSR count). The quantitative estimate of drug-likeness (QED) is 0.617. The van der Waals surface area contributed by atoms with Crippen LogP contribution in [-0.2, 0) is 0 Å². The molecule has 1 aromatic heterocycles. The molecule has 0 amide bonds. The van der Waals surface area contributed by atoms with Crippen molar-refractivity contribution in [3.8, 4) is 0 Å². The van der Waals surface area contributed by atoms with E-state index < -0.39 is 0 Å². The molecule has 0 aliphatic heterocycles. The molecule has 4 heteroatoms. The van der Waals surface area contributed by atoms with Crippen LogP contribution in [0.25, 0.3) is 17.0 Å². The van der Waals surface area contributed by atoms with Gasteiger partial charge in [-0.2, -0.15) is 0 Å². The maximum atomic E-state index is 11.1. The Kier molecular flexibility index (Phi) is 4.13. The number of rotatable bonds is 4. The second kappa shape index (κ2) is 5.82. The zero-order valence-electron chi connectivity index (χ0n) is 12.0. The lowest BCUT2D eigenvalue weighted by molar-refractivity contribution is -0.427. The third kappa shape index (κ3) is 3.41. The molecule has 2 aromatic rings. The molecule has 0 spiro atoms. The van der Waals surface area contributed by atoms with Crippen LogP contribution in [0.3, 0.4) is 0 Å². The number of nitro groups is 1. The molecule has 104 valence electrons. The first-order valence-electron chi connectivity index (χ1n) is 6.68. The van der Waals surface area contributed by atoms with Gasteiger partial charge < -0.3 is 0 Å². The van der Waals surface area contributed by atoms with Gasteiger partial charge in [0.2, 0.25) is 5.70 Å². The van der Waals surface area contributed by atoms with E-state index in [9.17, 15) is 10.1 Å². The van der Waals surface area contributed by atoms with E-state index in [-0.39, 0.29) is 16.5 Å². The van der Waals surface area contributed by atoms with Crippen LogP contribution in [0.2, 0.25) is 0 Å². The molecule has 0 saturated heterocycles. The molecule has 1 aromatic carbocycles. The fraction of sp³-hybridized carbons (Fsp3) is 0.312. The van der Waals surface area contributed by atoms with Crippen LogP contribution in [0.4, 0.5) is 0 Å². The number of allylic oxidation sites excluding steroid dienone is 1. The number of nitrogens with zero attached hydrogens (tertiary/aromatic N) is 2. The third-order valence-corrected chi connectivity index (χ3v) is 3.04. The van der Waals surface area contributed by atoms with Crippen molar-refractivity contribution in [3.63, 3.8) is 0 Å². The summed E-state index contributed by atoms with van der Waals surface area (Å²) < 4.78 is 0. The van der Waals surface area contributed by atoms with Gasteiger partial charge in [0.25, 0.3) is 0 Å². The fourth-order valence-electron chi connectivity index (χ4n) is 2.13. The summed E-state index contributed by atoms with van der Waals surface area (Å²) in [5, 5.41) is 12.1. The highest BCUT2D eigenvalue weighted by molar-refractivity contribution is 5.81. The Balaban J connectivity index is 2.41. The SMILES string of the molecule is Cc1ccc2cc(/C=C(/CC(C)C)[N+](=O)[O-])ccc2n1. The number of benzene rings is 1. The second-order valence-electron chi connectivity index (χ2n) is 5.40. The monoisotopic (exact) mass is 270 g/mol. The van der Waals surface area contributed by atoms with Crippen LogP contribution in [0.5, 0.6) is 0 Å². The maximum Gasteiger partial charge on any atom is 0.247 e. The molecule has 1 heterocycles. The third-order valence-electron chi connectivity index (χ3n) is 3.04. The first kappa shape index (κ1) is 14.2. The van der Waals surface area contributed by atoms with Gasteiger partial charge in [-0.3, -0.25) is 15.1 Å². The first-order valence-corrected chi connectivity index (χ1v) is 6.68. The summed E-state index contributed by atoms with van der Waals surface area (Å²) in [6.07, 6.45) is 2.12. The van der Waals surface area contributed by atoms with Gasteiger partial charge in [-0.25, -0.2) is 0 Å². The molecule has 20 heavy (non-hydrogen) atoms. The number of hydrogen-bond donors (Lipinski definition) is 0. The van der Waals surface area contributed by atoms with Crippen molar-refractivity contribution < 1.29 is 4.92 Å². The summed E-state index contributed by atoms with van der Waals surface area (Å²) in [6.45, 7) is 5.90. The molecule has 0 saturated carbocycles. The van der Waals surface area contributed by atoms with Crippen LogP contribution in [0, 0.1) is 23.0 Å². The standard InChI is InChI=1S/C16H18N2O2/c1-11(2)8-15(18(19)20)10-13-5-7-16-14(9-13)6-4-12(3)17-16/h4-7,9-11H,8H2,1-3H3/b15-10-. The largest absolute Gasteiger partial charge is 0.259 e. The Morgan fingerprint density at radius 2 is 2.10 bits per heavy atom. The zero-order valence-corrected chi connectivity index (χ0v) is 12.0. The zero-order chi connectivity index (χ0) is 14.7. The predicted octanol–water partition coefficient (Wildman–Crippen LogP) is 4.21. The first-order chi connectivity index (χ1) is 9.45. The van der Waals surface area contributed by atoms with Crippen LogP contribution in [0.1, 0.15) is 31.5 Å². The van der Waals surface area contributed by atoms with Crippen LogP contribution >= 0.6 is 0 Å². The summed E-state index contributed by atoms with van der Waals surface area (Å²) in [5.41, 5.74) is 2.97. The number of aryl methyl sites for hydroxylation is 1. The van der Waals surface area contributed by atoms with Gasteiger partial charge in [0.1, 0.15) is 0 Å². The highest BCUT2D eigenvalue weighted by Crippen LogP contribution is 2.19. The van der Waals surface area contributed by atoms with Gasteiger partial charge in [0.15, 0.2) is 0 Å². The lowest BCUT2D eigenvalue weighted by Gasteiger charge is -2.03. The molecule has 0 bridgehead atoms. The summed E-state index contributed by atoms with van der Waals surface area (Å²) in [7, 11) is 0. The normalized spacial score (nSPS) is 12.1. The smallest absolute Gasteiger partial charge is 0.247 e. The highest BCUT2D eigenvalue weighted by Gasteiger charge is 2.13. The van der Waals surface area contributed by atoms with Gasteiger partial charge >= 0.3 is 0 Å². The van der Waals surface area contributed by atoms with Gasteiger partial charge in [0, 0.05) is 23.6 Å². The van der Waals surface area contributed by atoms with Crippen molar-refractivity contribution in [1.82, 2.24) is 4.98 Å². The highest BCUT2D eigenvalue weighted by atomic mass is 16.6. The lowest BCUT2D eigenvalue weighted by Crippen LogP contribution is -2.02. The maximum absolute atomic E-state index is 11.1. The van der Waals surface area contributed by atoms with Gasteiger partial charge in [-0.15, -0.1) is 0 Å². The molecule has 0 atom stereocenters. The number of hydrogen-bond acceptors (Lipinski definition) is 3. The summed E-state index contributed by atoms with van der Waals surface area (Å²) in [6, 6.07) is 9.65. The minimum Gasteiger partial charge on any atom is -0.259 e. The Hall–Kier alpha value is -2.23. The molecule has 0 aliphatic carbocycles. The number of aromatic nitrogens is 1. The van der Waals surface area contributed by atoms with Crippen molar-refractivity contribution in [2.24, 2.45) is 5.92 Å². The Morgan fingerprint density at radius 1 is 1.35 bits per heavy atom. The summed E-state index contributed by atoms with van der Waals surface area (Å²) >= 11 is 0. The Labute approximate surface area is 118 Å². The minimum atomic E-state index is -0.294. The average molecular weight is 270 g/mol. The molecular formula is C16H18N2O2. The van der Waals surface area contributed by atoms with E-state index in [4.69, 9.17) is 0 Å². The van der Waals surface area contributed by atoms with Crippen LogP contribution in [-0.4, -0.2) is 9.91 Å². The van der Waals surface area contributed by atoms with Gasteiger partial charge in [-0.05, 0) is 36.6 Å². The van der Waals surface area contributed by atoms with E-state index >= 15 is 0 Å². The Bertz CT molecular complexity index is 675. The van der Waals surface area contributed by atoms with Crippen molar-refractivity contribution in [3.05, 3.63) is 57.4 Å². The molecule has 0 N–H and O–H groups in total. The molecule has 0 radical (unpaired) electrons. The van der Waals surface area contributed by atoms with Gasteiger partial charge in [-0.1, -0.05) is 26.0 Å². The number of pyridine rings is 1. The van der Waals surface area contributed by atoms with E-state index in [1.54, 1.807) is 6.08 Å². The molecule has 4 nitrogen and oxygen atoms in total. The summed E-state index contributed by atoms with van der Waals surface area (Å²) in [5.74, 6) is 0.261. The Morgan fingerprint density at radius 3 is 2.75 bits per heavy atom. The van der Waals surface area contributed by atoms with Crippen molar-refractivity contribution >= 4 is 17.0 Å². The average Bonchev–Trinajstić information content (AvgIpc) is 2.37. The van der Waals surface area contributed by atoms with E-state index in [0.717, 1.165) is 22.2 Å². The molecular weight excluding hydrogens is 252 g/mol. The van der Waals surface area contributed by atoms with Gasteiger partial charge in [0.05, 0.1) is 10.4 Å². The van der Waals surface area contributed by atoms with E-state index in [1.165, 1.54) is 0 Å². The van der Waals surface area contributed by atoms with Crippen LogP contribution in [0.15, 0.2) is 36.0 Å². The number of fused-ring (bicyclic) bond motifs is 1. The molecule has 0 fully saturated rings. The topological polar surface area (TPSA) is 56.0 Å².